The number of hydrazone groups is 1. The molecule has 26 heavy (non-hydrogen) atoms. The standard InChI is InChI=1S/C21H23N3O2/c1-14-9-11-15(12-10-14)24-19(25)17-8-6-5-7-16(17)18(20(24)26)13-22-23-21(2,3)4/h5-13,23,26H,1-4H3/b22-13+. The lowest BCUT2D eigenvalue weighted by molar-refractivity contribution is 0.433. The lowest BCUT2D eigenvalue weighted by atomic mass is 10.1. The van der Waals surface area contributed by atoms with Crippen molar-refractivity contribution in [3.8, 4) is 11.6 Å². The number of fused-ring (bicyclic) bond motifs is 1. The second kappa shape index (κ2) is 6.67. The first-order valence-electron chi connectivity index (χ1n) is 8.52. The number of pyridine rings is 1. The topological polar surface area (TPSA) is 66.6 Å². The largest absolute Gasteiger partial charge is 0.494 e. The predicted octanol–water partition coefficient (Wildman–Crippen LogP) is 3.73. The molecule has 0 atom stereocenters. The Labute approximate surface area is 152 Å². The quantitative estimate of drug-likeness (QED) is 0.559. The third kappa shape index (κ3) is 3.47. The summed E-state index contributed by atoms with van der Waals surface area (Å²) < 4.78 is 1.32. The molecular formula is C21H23N3O2. The van der Waals surface area contributed by atoms with Gasteiger partial charge in [-0.25, -0.2) is 4.57 Å². The Bertz CT molecular complexity index is 1030. The van der Waals surface area contributed by atoms with Gasteiger partial charge in [-0.05, 0) is 45.9 Å². The fourth-order valence-electron chi connectivity index (χ4n) is 2.71. The molecule has 0 saturated heterocycles. The number of hydrogen-bond donors (Lipinski definition) is 2. The second-order valence-corrected chi connectivity index (χ2v) is 7.38. The molecule has 0 aliphatic carbocycles. The molecule has 0 aliphatic rings. The Morgan fingerprint density at radius 3 is 2.27 bits per heavy atom. The van der Waals surface area contributed by atoms with Crippen LogP contribution in [0.15, 0.2) is 58.4 Å². The first-order chi connectivity index (χ1) is 12.3. The van der Waals surface area contributed by atoms with Gasteiger partial charge in [-0.2, -0.15) is 5.10 Å². The molecule has 0 amide bonds. The van der Waals surface area contributed by atoms with E-state index in [4.69, 9.17) is 0 Å². The molecule has 0 saturated carbocycles. The summed E-state index contributed by atoms with van der Waals surface area (Å²) in [7, 11) is 0. The number of nitrogens with one attached hydrogen (secondary N) is 1. The third-order valence-corrected chi connectivity index (χ3v) is 3.99. The molecule has 3 aromatic rings. The minimum Gasteiger partial charge on any atom is -0.494 e. The van der Waals surface area contributed by atoms with E-state index < -0.39 is 0 Å². The van der Waals surface area contributed by atoms with Gasteiger partial charge in [-0.15, -0.1) is 0 Å². The van der Waals surface area contributed by atoms with Crippen LogP contribution >= 0.6 is 0 Å². The van der Waals surface area contributed by atoms with Crippen LogP contribution in [0.3, 0.4) is 0 Å². The SMILES string of the molecule is Cc1ccc(-n2c(O)c(/C=N/NC(C)(C)C)c3ccccc3c2=O)cc1. The van der Waals surface area contributed by atoms with E-state index >= 15 is 0 Å². The fourth-order valence-corrected chi connectivity index (χ4v) is 2.71. The monoisotopic (exact) mass is 349 g/mol. The molecule has 0 bridgehead atoms. The van der Waals surface area contributed by atoms with Crippen molar-refractivity contribution < 1.29 is 5.11 Å². The van der Waals surface area contributed by atoms with Crippen LogP contribution in [0.25, 0.3) is 16.5 Å². The summed E-state index contributed by atoms with van der Waals surface area (Å²) in [4.78, 5) is 13.0. The molecule has 5 heteroatoms. The summed E-state index contributed by atoms with van der Waals surface area (Å²) in [6.07, 6.45) is 1.56. The van der Waals surface area contributed by atoms with Crippen molar-refractivity contribution in [2.24, 2.45) is 5.10 Å². The van der Waals surface area contributed by atoms with Gasteiger partial charge in [0.1, 0.15) is 0 Å². The first-order valence-corrected chi connectivity index (χ1v) is 8.52. The molecule has 3 rings (SSSR count). The first kappa shape index (κ1) is 17.7. The van der Waals surface area contributed by atoms with Gasteiger partial charge in [0.2, 0.25) is 5.88 Å². The third-order valence-electron chi connectivity index (χ3n) is 3.99. The van der Waals surface area contributed by atoms with Crippen molar-refractivity contribution in [2.75, 3.05) is 0 Å². The molecule has 1 aromatic heterocycles. The van der Waals surface area contributed by atoms with Crippen molar-refractivity contribution in [3.05, 3.63) is 70.0 Å². The molecule has 2 aromatic carbocycles. The summed E-state index contributed by atoms with van der Waals surface area (Å²) in [5.74, 6) is -0.128. The Hall–Kier alpha value is -3.08. The van der Waals surface area contributed by atoms with E-state index in [-0.39, 0.29) is 17.0 Å². The molecule has 2 N–H and O–H groups in total. The fraction of sp³-hybridized carbons (Fsp3) is 0.238. The van der Waals surface area contributed by atoms with E-state index in [0.717, 1.165) is 5.56 Å². The van der Waals surface area contributed by atoms with E-state index in [1.165, 1.54) is 4.57 Å². The Balaban J connectivity index is 2.26. The average Bonchev–Trinajstić information content (AvgIpc) is 2.59. The van der Waals surface area contributed by atoms with Crippen molar-refractivity contribution in [1.29, 1.82) is 0 Å². The average molecular weight is 349 g/mol. The van der Waals surface area contributed by atoms with Gasteiger partial charge in [0.15, 0.2) is 0 Å². The minimum atomic E-state index is -0.261. The van der Waals surface area contributed by atoms with Crippen LogP contribution in [0, 0.1) is 6.92 Å². The molecule has 5 nitrogen and oxygen atoms in total. The van der Waals surface area contributed by atoms with Crippen molar-refractivity contribution in [3.63, 3.8) is 0 Å². The number of nitrogens with zero attached hydrogens (tertiary/aromatic N) is 2. The lowest BCUT2D eigenvalue weighted by Crippen LogP contribution is -2.31. The lowest BCUT2D eigenvalue weighted by Gasteiger charge is -2.18. The highest BCUT2D eigenvalue weighted by Gasteiger charge is 2.16. The van der Waals surface area contributed by atoms with Gasteiger partial charge in [-0.1, -0.05) is 35.9 Å². The maximum atomic E-state index is 13.0. The number of aromatic hydroxyl groups is 1. The maximum absolute atomic E-state index is 13.0. The van der Waals surface area contributed by atoms with E-state index in [9.17, 15) is 9.90 Å². The normalized spacial score (nSPS) is 12.0. The number of aryl methyl sites for hydroxylation is 1. The summed E-state index contributed by atoms with van der Waals surface area (Å²) >= 11 is 0. The summed E-state index contributed by atoms with van der Waals surface area (Å²) in [5.41, 5.74) is 4.74. The van der Waals surface area contributed by atoms with E-state index in [0.29, 0.717) is 22.0 Å². The van der Waals surface area contributed by atoms with Crippen LogP contribution in [-0.4, -0.2) is 21.4 Å². The molecular weight excluding hydrogens is 326 g/mol. The van der Waals surface area contributed by atoms with Gasteiger partial charge in [0.25, 0.3) is 5.56 Å². The van der Waals surface area contributed by atoms with Crippen molar-refractivity contribution in [2.45, 2.75) is 33.2 Å². The van der Waals surface area contributed by atoms with Crippen molar-refractivity contribution >= 4 is 17.0 Å². The van der Waals surface area contributed by atoms with Crippen molar-refractivity contribution in [1.82, 2.24) is 9.99 Å². The summed E-state index contributed by atoms with van der Waals surface area (Å²) in [6.45, 7) is 7.96. The number of aromatic nitrogens is 1. The minimum absolute atomic E-state index is 0.128. The maximum Gasteiger partial charge on any atom is 0.265 e. The number of hydrogen-bond acceptors (Lipinski definition) is 4. The van der Waals surface area contributed by atoms with E-state index in [2.05, 4.69) is 10.5 Å². The zero-order valence-electron chi connectivity index (χ0n) is 15.4. The van der Waals surface area contributed by atoms with Crippen LogP contribution < -0.4 is 11.0 Å². The molecule has 134 valence electrons. The van der Waals surface area contributed by atoms with E-state index in [1.807, 2.05) is 70.2 Å². The second-order valence-electron chi connectivity index (χ2n) is 7.38. The van der Waals surface area contributed by atoms with Gasteiger partial charge in [-0.3, -0.25) is 4.79 Å². The summed E-state index contributed by atoms with van der Waals surface area (Å²) in [6, 6.07) is 14.7. The van der Waals surface area contributed by atoms with Gasteiger partial charge >= 0.3 is 0 Å². The number of rotatable bonds is 3. The highest BCUT2D eigenvalue weighted by atomic mass is 16.3. The predicted molar refractivity (Wildman–Crippen MR) is 106 cm³/mol. The molecule has 0 spiro atoms. The molecule has 0 aliphatic heterocycles. The molecule has 0 fully saturated rings. The molecule has 0 unspecified atom stereocenters. The smallest absolute Gasteiger partial charge is 0.265 e. The van der Waals surface area contributed by atoms with Crippen LogP contribution in [0.4, 0.5) is 0 Å². The highest BCUT2D eigenvalue weighted by Crippen LogP contribution is 2.25. The zero-order valence-corrected chi connectivity index (χ0v) is 15.4. The van der Waals surface area contributed by atoms with Gasteiger partial charge < -0.3 is 10.5 Å². The van der Waals surface area contributed by atoms with Crippen LogP contribution in [-0.2, 0) is 0 Å². The van der Waals surface area contributed by atoms with Crippen LogP contribution in [0.2, 0.25) is 0 Å². The highest BCUT2D eigenvalue weighted by molar-refractivity contribution is 6.01. The zero-order chi connectivity index (χ0) is 18.9. The Morgan fingerprint density at radius 2 is 1.65 bits per heavy atom. The number of benzene rings is 2. The molecule has 1 heterocycles. The van der Waals surface area contributed by atoms with Crippen LogP contribution in [0.5, 0.6) is 5.88 Å². The summed E-state index contributed by atoms with van der Waals surface area (Å²) in [5, 5.41) is 16.3. The van der Waals surface area contributed by atoms with Gasteiger partial charge in [0, 0.05) is 16.3 Å². The van der Waals surface area contributed by atoms with Gasteiger partial charge in [0.05, 0.1) is 17.5 Å². The van der Waals surface area contributed by atoms with Crippen LogP contribution in [0.1, 0.15) is 31.9 Å². The Morgan fingerprint density at radius 1 is 1.04 bits per heavy atom. The van der Waals surface area contributed by atoms with E-state index in [1.54, 1.807) is 12.3 Å². The molecule has 0 radical (unpaired) electrons. The Kier molecular flexibility index (Phi) is 4.55.